The van der Waals surface area contributed by atoms with Gasteiger partial charge in [-0.2, -0.15) is 0 Å². The summed E-state index contributed by atoms with van der Waals surface area (Å²) in [5, 5.41) is 3.41. The molecule has 2 fully saturated rings. The lowest BCUT2D eigenvalue weighted by Gasteiger charge is -2.33. The summed E-state index contributed by atoms with van der Waals surface area (Å²) in [6, 6.07) is 10.6. The summed E-state index contributed by atoms with van der Waals surface area (Å²) in [6.45, 7) is 5.04. The highest BCUT2D eigenvalue weighted by Gasteiger charge is 2.46. The van der Waals surface area contributed by atoms with E-state index in [-0.39, 0.29) is 5.41 Å². The van der Waals surface area contributed by atoms with Crippen LogP contribution in [0.4, 0.5) is 0 Å². The molecule has 1 amide bonds. The van der Waals surface area contributed by atoms with E-state index >= 15 is 0 Å². The summed E-state index contributed by atoms with van der Waals surface area (Å²) >= 11 is 0. The number of hydrogen-bond donors (Lipinski definition) is 1. The van der Waals surface area contributed by atoms with Gasteiger partial charge in [0.2, 0.25) is 5.91 Å². The number of nitrogens with one attached hydrogen (secondary N) is 1. The Morgan fingerprint density at radius 2 is 2.11 bits per heavy atom. The number of carbonyl (C=O) groups excluding carboxylic acids is 1. The molecule has 1 aromatic rings. The van der Waals surface area contributed by atoms with Gasteiger partial charge < -0.3 is 10.2 Å². The van der Waals surface area contributed by atoms with Crippen molar-refractivity contribution in [3.8, 4) is 0 Å². The molecule has 1 N–H and O–H groups in total. The average Bonchev–Trinajstić information content (AvgIpc) is 2.78. The van der Waals surface area contributed by atoms with Crippen molar-refractivity contribution < 1.29 is 4.79 Å². The number of carbonyl (C=O) groups is 1. The normalized spacial score (nSPS) is 31.7. The van der Waals surface area contributed by atoms with Gasteiger partial charge in [-0.1, -0.05) is 30.3 Å². The van der Waals surface area contributed by atoms with Gasteiger partial charge in [-0.25, -0.2) is 0 Å². The summed E-state index contributed by atoms with van der Waals surface area (Å²) in [7, 11) is 0. The van der Waals surface area contributed by atoms with Gasteiger partial charge in [-0.3, -0.25) is 4.79 Å². The van der Waals surface area contributed by atoms with Crippen molar-refractivity contribution in [1.82, 2.24) is 10.2 Å². The Balaban J connectivity index is 1.81. The van der Waals surface area contributed by atoms with Crippen LogP contribution in [0.5, 0.6) is 0 Å². The maximum atomic E-state index is 12.8. The van der Waals surface area contributed by atoms with E-state index in [9.17, 15) is 4.79 Å². The fourth-order valence-corrected chi connectivity index (χ4v) is 3.39. The lowest BCUT2D eigenvalue weighted by molar-refractivity contribution is -0.134. The Hall–Kier alpha value is -1.35. The molecule has 0 spiro atoms. The number of hydrogen-bond acceptors (Lipinski definition) is 2. The van der Waals surface area contributed by atoms with E-state index in [2.05, 4.69) is 29.3 Å². The number of benzene rings is 1. The van der Waals surface area contributed by atoms with Crippen LogP contribution < -0.4 is 5.32 Å². The number of amides is 1. The van der Waals surface area contributed by atoms with Crippen LogP contribution in [-0.2, 0) is 10.2 Å². The first-order chi connectivity index (χ1) is 9.22. The minimum atomic E-state index is -0.321. The highest BCUT2D eigenvalue weighted by atomic mass is 16.2. The second kappa shape index (κ2) is 4.97. The predicted octanol–water partition coefficient (Wildman–Crippen LogP) is 1.93. The second-order valence-electron chi connectivity index (χ2n) is 5.95. The summed E-state index contributed by atoms with van der Waals surface area (Å²) in [5.41, 5.74) is 0.838. The third kappa shape index (κ3) is 2.16. The van der Waals surface area contributed by atoms with Gasteiger partial charge >= 0.3 is 0 Å². The molecule has 2 heterocycles. The Bertz CT molecular complexity index is 453. The van der Waals surface area contributed by atoms with Crippen LogP contribution >= 0.6 is 0 Å². The molecule has 0 saturated carbocycles. The number of piperidine rings is 1. The minimum absolute atomic E-state index is 0.312. The molecule has 3 heteroatoms. The SMILES string of the molecule is C[C@@]1(c2ccccc2)CCN([C@H]2CCCNC2)C1=O. The van der Waals surface area contributed by atoms with Crippen molar-refractivity contribution in [2.24, 2.45) is 0 Å². The van der Waals surface area contributed by atoms with Crippen molar-refractivity contribution in [3.63, 3.8) is 0 Å². The topological polar surface area (TPSA) is 32.3 Å². The summed E-state index contributed by atoms with van der Waals surface area (Å²) < 4.78 is 0. The molecule has 2 aliphatic rings. The van der Waals surface area contributed by atoms with Gasteiger partial charge in [0, 0.05) is 19.1 Å². The first-order valence-electron chi connectivity index (χ1n) is 7.29. The molecule has 2 atom stereocenters. The summed E-state index contributed by atoms with van der Waals surface area (Å²) in [4.78, 5) is 14.9. The third-order valence-corrected chi connectivity index (χ3v) is 4.71. The molecule has 3 nitrogen and oxygen atoms in total. The third-order valence-electron chi connectivity index (χ3n) is 4.71. The summed E-state index contributed by atoms with van der Waals surface area (Å²) in [6.07, 6.45) is 3.26. The first-order valence-corrected chi connectivity index (χ1v) is 7.29. The number of nitrogens with zero attached hydrogens (tertiary/aromatic N) is 1. The molecule has 2 saturated heterocycles. The molecule has 19 heavy (non-hydrogen) atoms. The highest BCUT2D eigenvalue weighted by molar-refractivity contribution is 5.90. The van der Waals surface area contributed by atoms with Crippen molar-refractivity contribution in [2.75, 3.05) is 19.6 Å². The lowest BCUT2D eigenvalue weighted by atomic mass is 9.81. The van der Waals surface area contributed by atoms with Crippen LogP contribution in [0.3, 0.4) is 0 Å². The van der Waals surface area contributed by atoms with Gasteiger partial charge in [0.05, 0.1) is 5.41 Å². The van der Waals surface area contributed by atoms with E-state index < -0.39 is 0 Å². The van der Waals surface area contributed by atoms with Crippen LogP contribution in [0.15, 0.2) is 30.3 Å². The molecular formula is C16H22N2O. The van der Waals surface area contributed by atoms with E-state index in [1.54, 1.807) is 0 Å². The Morgan fingerprint density at radius 1 is 1.32 bits per heavy atom. The monoisotopic (exact) mass is 258 g/mol. The van der Waals surface area contributed by atoms with E-state index in [1.807, 2.05) is 18.2 Å². The predicted molar refractivity (Wildman–Crippen MR) is 76.0 cm³/mol. The Morgan fingerprint density at radius 3 is 2.79 bits per heavy atom. The van der Waals surface area contributed by atoms with Crippen LogP contribution in [0.1, 0.15) is 31.7 Å². The van der Waals surface area contributed by atoms with Gasteiger partial charge in [-0.05, 0) is 38.3 Å². The molecule has 0 bridgehead atoms. The smallest absolute Gasteiger partial charge is 0.233 e. The second-order valence-corrected chi connectivity index (χ2v) is 5.95. The molecule has 1 aromatic carbocycles. The van der Waals surface area contributed by atoms with Crippen LogP contribution in [0.25, 0.3) is 0 Å². The van der Waals surface area contributed by atoms with Gasteiger partial charge in [0.1, 0.15) is 0 Å². The Kier molecular flexibility index (Phi) is 3.31. The minimum Gasteiger partial charge on any atom is -0.338 e. The zero-order valence-corrected chi connectivity index (χ0v) is 11.6. The van der Waals surface area contributed by atoms with E-state index in [0.29, 0.717) is 11.9 Å². The highest BCUT2D eigenvalue weighted by Crippen LogP contribution is 2.36. The molecule has 102 valence electrons. The quantitative estimate of drug-likeness (QED) is 0.879. The Labute approximate surface area is 115 Å². The van der Waals surface area contributed by atoms with Crippen molar-refractivity contribution in [2.45, 2.75) is 37.6 Å². The van der Waals surface area contributed by atoms with Crippen LogP contribution in [0.2, 0.25) is 0 Å². The van der Waals surface area contributed by atoms with Gasteiger partial charge in [-0.15, -0.1) is 0 Å². The standard InChI is InChI=1S/C16H22N2O/c1-16(13-6-3-2-4-7-13)9-11-18(15(16)19)14-8-5-10-17-12-14/h2-4,6-7,14,17H,5,8-12H2,1H3/t14-,16-/m0/s1. The van der Waals surface area contributed by atoms with Crippen molar-refractivity contribution in [1.29, 1.82) is 0 Å². The molecular weight excluding hydrogens is 236 g/mol. The molecule has 0 radical (unpaired) electrons. The van der Waals surface area contributed by atoms with E-state index in [0.717, 1.165) is 38.0 Å². The van der Waals surface area contributed by atoms with E-state index in [1.165, 1.54) is 6.42 Å². The van der Waals surface area contributed by atoms with Gasteiger partial charge in [0.15, 0.2) is 0 Å². The van der Waals surface area contributed by atoms with Gasteiger partial charge in [0.25, 0.3) is 0 Å². The largest absolute Gasteiger partial charge is 0.338 e. The van der Waals surface area contributed by atoms with Crippen LogP contribution in [0, 0.1) is 0 Å². The number of rotatable bonds is 2. The molecule has 0 aliphatic carbocycles. The fourth-order valence-electron chi connectivity index (χ4n) is 3.39. The average molecular weight is 258 g/mol. The molecule has 0 aromatic heterocycles. The zero-order chi connectivity index (χ0) is 13.3. The number of likely N-dealkylation sites (tertiary alicyclic amines) is 1. The van der Waals surface area contributed by atoms with E-state index in [4.69, 9.17) is 0 Å². The maximum absolute atomic E-state index is 12.8. The molecule has 3 rings (SSSR count). The van der Waals surface area contributed by atoms with Crippen molar-refractivity contribution in [3.05, 3.63) is 35.9 Å². The fraction of sp³-hybridized carbons (Fsp3) is 0.562. The van der Waals surface area contributed by atoms with Crippen LogP contribution in [-0.4, -0.2) is 36.5 Å². The lowest BCUT2D eigenvalue weighted by Crippen LogP contribution is -2.48. The maximum Gasteiger partial charge on any atom is 0.233 e. The zero-order valence-electron chi connectivity index (χ0n) is 11.6. The molecule has 2 aliphatic heterocycles. The molecule has 0 unspecified atom stereocenters. The summed E-state index contributed by atoms with van der Waals surface area (Å²) in [5.74, 6) is 0.312. The van der Waals surface area contributed by atoms with Crippen molar-refractivity contribution >= 4 is 5.91 Å². The first kappa shape index (κ1) is 12.7.